The Labute approximate surface area is 123 Å². The molecular weight excluding hydrogens is 269 g/mol. The summed E-state index contributed by atoms with van der Waals surface area (Å²) in [6.07, 6.45) is 0.927. The lowest BCUT2D eigenvalue weighted by molar-refractivity contribution is 0.351. The second-order valence-electron chi connectivity index (χ2n) is 5.05. The summed E-state index contributed by atoms with van der Waals surface area (Å²) in [7, 11) is 3.33. The number of benzene rings is 2. The number of ether oxygens (including phenoxy) is 2. The van der Waals surface area contributed by atoms with E-state index < -0.39 is 0 Å². The quantitative estimate of drug-likeness (QED) is 0.937. The van der Waals surface area contributed by atoms with Crippen LogP contribution in [-0.2, 0) is 6.42 Å². The molecule has 110 valence electrons. The van der Waals surface area contributed by atoms with E-state index in [0.29, 0.717) is 6.61 Å². The summed E-state index contributed by atoms with van der Waals surface area (Å²) in [6.45, 7) is 0.708. The van der Waals surface area contributed by atoms with Gasteiger partial charge in [0.15, 0.2) is 11.6 Å². The van der Waals surface area contributed by atoms with Crippen LogP contribution in [0.5, 0.6) is 11.5 Å². The third-order valence-electron chi connectivity index (χ3n) is 3.85. The lowest BCUT2D eigenvalue weighted by Gasteiger charge is -2.20. The van der Waals surface area contributed by atoms with Gasteiger partial charge in [0.2, 0.25) is 0 Å². The summed E-state index contributed by atoms with van der Waals surface area (Å²) < 4.78 is 24.7. The van der Waals surface area contributed by atoms with E-state index in [9.17, 15) is 4.39 Å². The van der Waals surface area contributed by atoms with Crippen molar-refractivity contribution in [3.8, 4) is 11.5 Å². The van der Waals surface area contributed by atoms with Gasteiger partial charge in [0.25, 0.3) is 0 Å². The number of fused-ring (bicyclic) bond motifs is 1. The molecule has 0 saturated heterocycles. The number of hydrogen-bond donors (Lipinski definition) is 1. The number of para-hydroxylation sites is 1. The van der Waals surface area contributed by atoms with E-state index in [2.05, 4.69) is 11.4 Å². The van der Waals surface area contributed by atoms with E-state index in [4.69, 9.17) is 9.47 Å². The number of rotatable bonds is 4. The molecule has 1 atom stereocenters. The largest absolute Gasteiger partial charge is 0.494 e. The Morgan fingerprint density at radius 1 is 1.29 bits per heavy atom. The Bertz CT molecular complexity index is 657. The van der Waals surface area contributed by atoms with Gasteiger partial charge in [-0.3, -0.25) is 0 Å². The Morgan fingerprint density at radius 2 is 2.14 bits per heavy atom. The highest BCUT2D eigenvalue weighted by atomic mass is 19.1. The second-order valence-corrected chi connectivity index (χ2v) is 5.05. The minimum Gasteiger partial charge on any atom is -0.494 e. The number of methoxy groups -OCH3 is 1. The second kappa shape index (κ2) is 5.74. The summed E-state index contributed by atoms with van der Waals surface area (Å²) in [6, 6.07) is 11.0. The van der Waals surface area contributed by atoms with Crippen molar-refractivity contribution in [2.75, 3.05) is 20.8 Å². The monoisotopic (exact) mass is 287 g/mol. The van der Waals surface area contributed by atoms with Crippen molar-refractivity contribution >= 4 is 0 Å². The molecule has 0 spiro atoms. The predicted molar refractivity (Wildman–Crippen MR) is 79.5 cm³/mol. The fraction of sp³-hybridized carbons (Fsp3) is 0.294. The van der Waals surface area contributed by atoms with Gasteiger partial charge in [0.1, 0.15) is 5.75 Å². The van der Waals surface area contributed by atoms with Gasteiger partial charge in [-0.1, -0.05) is 24.3 Å². The van der Waals surface area contributed by atoms with Gasteiger partial charge in [-0.2, -0.15) is 0 Å². The van der Waals surface area contributed by atoms with E-state index in [0.717, 1.165) is 23.3 Å². The van der Waals surface area contributed by atoms with Crippen LogP contribution in [-0.4, -0.2) is 20.8 Å². The molecule has 1 unspecified atom stereocenters. The highest BCUT2D eigenvalue weighted by molar-refractivity contribution is 5.49. The predicted octanol–water partition coefficient (Wildman–Crippen LogP) is 3.08. The number of halogens is 1. The zero-order valence-corrected chi connectivity index (χ0v) is 12.2. The van der Waals surface area contributed by atoms with Crippen LogP contribution in [0, 0.1) is 5.82 Å². The minimum atomic E-state index is -0.358. The fourth-order valence-electron chi connectivity index (χ4n) is 2.83. The van der Waals surface area contributed by atoms with Gasteiger partial charge in [-0.05, 0) is 30.3 Å². The van der Waals surface area contributed by atoms with E-state index in [1.165, 1.54) is 18.7 Å². The molecule has 0 bridgehead atoms. The average molecular weight is 287 g/mol. The van der Waals surface area contributed by atoms with Gasteiger partial charge in [-0.25, -0.2) is 4.39 Å². The maximum Gasteiger partial charge on any atom is 0.165 e. The van der Waals surface area contributed by atoms with Gasteiger partial charge in [-0.15, -0.1) is 0 Å². The number of nitrogens with one attached hydrogen (secondary N) is 1. The molecule has 1 aliphatic heterocycles. The Morgan fingerprint density at radius 3 is 2.86 bits per heavy atom. The molecule has 1 aliphatic rings. The molecule has 0 radical (unpaired) electrons. The molecule has 2 aromatic carbocycles. The molecule has 0 saturated carbocycles. The molecule has 0 aliphatic carbocycles. The summed E-state index contributed by atoms with van der Waals surface area (Å²) in [4.78, 5) is 0. The smallest absolute Gasteiger partial charge is 0.165 e. The van der Waals surface area contributed by atoms with Crippen LogP contribution in [0.1, 0.15) is 22.7 Å². The molecule has 1 heterocycles. The summed E-state index contributed by atoms with van der Waals surface area (Å²) in [5.74, 6) is 0.819. The molecular formula is C17H18FNO2. The van der Waals surface area contributed by atoms with Crippen LogP contribution in [0.2, 0.25) is 0 Å². The van der Waals surface area contributed by atoms with Gasteiger partial charge in [0.05, 0.1) is 19.8 Å². The molecule has 2 aromatic rings. The van der Waals surface area contributed by atoms with Crippen LogP contribution in [0.15, 0.2) is 36.4 Å². The van der Waals surface area contributed by atoms with Crippen molar-refractivity contribution < 1.29 is 13.9 Å². The third kappa shape index (κ3) is 2.47. The van der Waals surface area contributed by atoms with E-state index in [-0.39, 0.29) is 17.6 Å². The van der Waals surface area contributed by atoms with E-state index in [1.54, 1.807) is 6.07 Å². The van der Waals surface area contributed by atoms with Crippen molar-refractivity contribution in [1.29, 1.82) is 0 Å². The third-order valence-corrected chi connectivity index (χ3v) is 3.85. The lowest BCUT2D eigenvalue weighted by Crippen LogP contribution is -2.18. The molecule has 3 nitrogen and oxygen atoms in total. The van der Waals surface area contributed by atoms with Gasteiger partial charge >= 0.3 is 0 Å². The SMILES string of the molecule is CNC(c1ccc(OC)c(F)c1)c1cccc2c1OCC2. The standard InChI is InChI=1S/C17H18FNO2/c1-19-16(12-6-7-15(20-2)14(18)10-12)13-5-3-4-11-8-9-21-17(11)13/h3-7,10,16,19H,8-9H2,1-2H3. The van der Waals surface area contributed by atoms with Gasteiger partial charge in [0, 0.05) is 12.0 Å². The zero-order valence-electron chi connectivity index (χ0n) is 12.2. The Kier molecular flexibility index (Phi) is 3.80. The fourth-order valence-corrected chi connectivity index (χ4v) is 2.83. The van der Waals surface area contributed by atoms with Crippen molar-refractivity contribution in [3.05, 3.63) is 58.9 Å². The summed E-state index contributed by atoms with van der Waals surface area (Å²) >= 11 is 0. The molecule has 4 heteroatoms. The Hall–Kier alpha value is -2.07. The zero-order chi connectivity index (χ0) is 14.8. The molecule has 0 amide bonds. The van der Waals surface area contributed by atoms with Crippen LogP contribution in [0.3, 0.4) is 0 Å². The first-order valence-electron chi connectivity index (χ1n) is 7.00. The minimum absolute atomic E-state index is 0.113. The molecule has 1 N–H and O–H groups in total. The maximum absolute atomic E-state index is 14.0. The van der Waals surface area contributed by atoms with Crippen LogP contribution >= 0.6 is 0 Å². The molecule has 0 fully saturated rings. The van der Waals surface area contributed by atoms with Crippen LogP contribution < -0.4 is 14.8 Å². The van der Waals surface area contributed by atoms with Crippen molar-refractivity contribution in [2.24, 2.45) is 0 Å². The maximum atomic E-state index is 14.0. The normalized spacial score (nSPS) is 14.4. The van der Waals surface area contributed by atoms with Crippen molar-refractivity contribution in [1.82, 2.24) is 5.32 Å². The average Bonchev–Trinajstić information content (AvgIpc) is 2.97. The van der Waals surface area contributed by atoms with E-state index in [1.807, 2.05) is 25.2 Å². The van der Waals surface area contributed by atoms with E-state index >= 15 is 0 Å². The van der Waals surface area contributed by atoms with Crippen LogP contribution in [0.4, 0.5) is 4.39 Å². The highest BCUT2D eigenvalue weighted by Gasteiger charge is 2.23. The molecule has 0 aromatic heterocycles. The first-order valence-corrected chi connectivity index (χ1v) is 7.00. The first kappa shape index (κ1) is 13.9. The molecule has 21 heavy (non-hydrogen) atoms. The van der Waals surface area contributed by atoms with Crippen LogP contribution in [0.25, 0.3) is 0 Å². The number of hydrogen-bond acceptors (Lipinski definition) is 3. The summed E-state index contributed by atoms with van der Waals surface area (Å²) in [5, 5.41) is 3.24. The highest BCUT2D eigenvalue weighted by Crippen LogP contribution is 2.36. The van der Waals surface area contributed by atoms with Crippen molar-refractivity contribution in [2.45, 2.75) is 12.5 Å². The summed E-state index contributed by atoms with van der Waals surface area (Å²) in [5.41, 5.74) is 3.10. The molecule has 3 rings (SSSR count). The topological polar surface area (TPSA) is 30.5 Å². The Balaban J connectivity index is 2.03. The lowest BCUT2D eigenvalue weighted by atomic mass is 9.96. The van der Waals surface area contributed by atoms with Gasteiger partial charge < -0.3 is 14.8 Å². The first-order chi connectivity index (χ1) is 10.2. The van der Waals surface area contributed by atoms with Crippen molar-refractivity contribution in [3.63, 3.8) is 0 Å².